The predicted molar refractivity (Wildman–Crippen MR) is 121 cm³/mol. The Morgan fingerprint density at radius 1 is 1.17 bits per heavy atom. The first-order valence-electron chi connectivity index (χ1n) is 10.7. The van der Waals surface area contributed by atoms with Crippen molar-refractivity contribution in [3.63, 3.8) is 0 Å². The van der Waals surface area contributed by atoms with Gasteiger partial charge in [-0.3, -0.25) is 4.90 Å². The molecule has 162 valence electrons. The molecule has 2 unspecified atom stereocenters. The van der Waals surface area contributed by atoms with E-state index in [1.165, 1.54) is 0 Å². The number of rotatable bonds is 7. The van der Waals surface area contributed by atoms with Crippen LogP contribution in [-0.2, 0) is 6.54 Å². The Kier molecular flexibility index (Phi) is 8.76. The Morgan fingerprint density at radius 2 is 1.86 bits per heavy atom. The first-order chi connectivity index (χ1) is 13.8. The van der Waals surface area contributed by atoms with Crippen molar-refractivity contribution < 1.29 is 4.79 Å². The van der Waals surface area contributed by atoms with E-state index in [4.69, 9.17) is 4.99 Å². The number of nitrogens with zero attached hydrogens (tertiary/aromatic N) is 2. The van der Waals surface area contributed by atoms with Crippen LogP contribution in [0, 0.1) is 5.92 Å². The molecule has 1 heterocycles. The Morgan fingerprint density at radius 3 is 2.41 bits per heavy atom. The van der Waals surface area contributed by atoms with E-state index < -0.39 is 0 Å². The summed E-state index contributed by atoms with van der Waals surface area (Å²) >= 11 is 0. The Hall–Kier alpha value is -2.28. The molecular weight excluding hydrogens is 364 g/mol. The lowest BCUT2D eigenvalue weighted by Gasteiger charge is -2.22. The van der Waals surface area contributed by atoms with Crippen LogP contribution < -0.4 is 21.3 Å². The molecule has 29 heavy (non-hydrogen) atoms. The number of anilines is 1. The third kappa shape index (κ3) is 7.57. The van der Waals surface area contributed by atoms with E-state index in [0.29, 0.717) is 24.5 Å². The maximum absolute atomic E-state index is 11.8. The Bertz CT molecular complexity index is 670. The first-order valence-corrected chi connectivity index (χ1v) is 10.7. The smallest absolute Gasteiger partial charge is 0.319 e. The molecule has 1 aromatic carbocycles. The van der Waals surface area contributed by atoms with Gasteiger partial charge in [0.1, 0.15) is 0 Å². The summed E-state index contributed by atoms with van der Waals surface area (Å²) in [7, 11) is 0. The van der Waals surface area contributed by atoms with Crippen LogP contribution in [0.3, 0.4) is 0 Å². The summed E-state index contributed by atoms with van der Waals surface area (Å²) in [6.07, 6.45) is 0. The third-order valence-corrected chi connectivity index (χ3v) is 5.09. The lowest BCUT2D eigenvalue weighted by molar-refractivity contribution is 0.250. The van der Waals surface area contributed by atoms with Crippen LogP contribution in [0.4, 0.5) is 10.5 Å². The van der Waals surface area contributed by atoms with E-state index in [9.17, 15) is 4.79 Å². The van der Waals surface area contributed by atoms with Crippen molar-refractivity contribution in [1.82, 2.24) is 20.9 Å². The number of benzene rings is 1. The highest BCUT2D eigenvalue weighted by molar-refractivity contribution is 5.89. The maximum atomic E-state index is 11.8. The topological polar surface area (TPSA) is 80.8 Å². The molecule has 1 fully saturated rings. The summed E-state index contributed by atoms with van der Waals surface area (Å²) in [6.45, 7) is 16.3. The average molecular weight is 403 g/mol. The molecular formula is C22H38N6O. The van der Waals surface area contributed by atoms with Crippen LogP contribution in [0.5, 0.6) is 0 Å². The number of amides is 2. The van der Waals surface area contributed by atoms with E-state index in [-0.39, 0.29) is 12.1 Å². The van der Waals surface area contributed by atoms with Gasteiger partial charge in [0, 0.05) is 43.4 Å². The Balaban J connectivity index is 1.93. The van der Waals surface area contributed by atoms with Crippen molar-refractivity contribution in [3.05, 3.63) is 29.8 Å². The fourth-order valence-electron chi connectivity index (χ4n) is 3.40. The predicted octanol–water partition coefficient (Wildman–Crippen LogP) is 3.00. The normalized spacial score (nSPS) is 20.2. The second-order valence-corrected chi connectivity index (χ2v) is 8.42. The van der Waals surface area contributed by atoms with Gasteiger partial charge in [0.05, 0.1) is 6.54 Å². The molecule has 1 saturated heterocycles. The van der Waals surface area contributed by atoms with E-state index in [2.05, 4.69) is 53.9 Å². The molecule has 4 N–H and O–H groups in total. The van der Waals surface area contributed by atoms with Gasteiger partial charge in [-0.2, -0.15) is 0 Å². The van der Waals surface area contributed by atoms with Crippen LogP contribution in [0.2, 0.25) is 0 Å². The molecule has 0 radical (unpaired) electrons. The summed E-state index contributed by atoms with van der Waals surface area (Å²) in [5.41, 5.74) is 1.87. The van der Waals surface area contributed by atoms with Gasteiger partial charge in [0.2, 0.25) is 0 Å². The molecule has 7 heteroatoms. The van der Waals surface area contributed by atoms with Crippen LogP contribution in [0.1, 0.15) is 47.1 Å². The quantitative estimate of drug-likeness (QED) is 0.417. The molecule has 7 nitrogen and oxygen atoms in total. The highest BCUT2D eigenvalue weighted by Crippen LogP contribution is 2.18. The minimum absolute atomic E-state index is 0.107. The van der Waals surface area contributed by atoms with E-state index in [1.54, 1.807) is 0 Å². The molecule has 2 rings (SSSR count). The van der Waals surface area contributed by atoms with Crippen molar-refractivity contribution in [3.8, 4) is 0 Å². The lowest BCUT2D eigenvalue weighted by atomic mass is 10.1. The minimum Gasteiger partial charge on any atom is -0.357 e. The summed E-state index contributed by atoms with van der Waals surface area (Å²) in [4.78, 5) is 19.1. The number of guanidine groups is 1. The zero-order valence-electron chi connectivity index (χ0n) is 18.7. The van der Waals surface area contributed by atoms with Gasteiger partial charge in [-0.25, -0.2) is 9.79 Å². The minimum atomic E-state index is -0.189. The van der Waals surface area contributed by atoms with Gasteiger partial charge in [-0.05, 0) is 58.2 Å². The number of urea groups is 1. The van der Waals surface area contributed by atoms with E-state index in [1.807, 2.05) is 38.1 Å². The van der Waals surface area contributed by atoms with Crippen molar-refractivity contribution in [2.24, 2.45) is 10.9 Å². The maximum Gasteiger partial charge on any atom is 0.319 e. The monoisotopic (exact) mass is 402 g/mol. The van der Waals surface area contributed by atoms with Crippen molar-refractivity contribution in [2.45, 2.75) is 66.2 Å². The third-order valence-electron chi connectivity index (χ3n) is 5.09. The zero-order chi connectivity index (χ0) is 21.4. The molecule has 0 aromatic heterocycles. The standard InChI is InChI=1S/C22H38N6O/c1-7-23-21(27-20-14-28(16(4)5)13-17(20)6)24-12-18-8-10-19(11-9-18)26-22(29)25-15(2)3/h8-11,15-17,20H,7,12-14H2,1-6H3,(H2,23,24,27)(H2,25,26,29). The van der Waals surface area contributed by atoms with Gasteiger partial charge in [0.15, 0.2) is 5.96 Å². The summed E-state index contributed by atoms with van der Waals surface area (Å²) in [6, 6.07) is 8.70. The fourth-order valence-corrected chi connectivity index (χ4v) is 3.40. The van der Waals surface area contributed by atoms with Gasteiger partial charge >= 0.3 is 6.03 Å². The van der Waals surface area contributed by atoms with Crippen LogP contribution in [0.15, 0.2) is 29.3 Å². The van der Waals surface area contributed by atoms with Crippen LogP contribution in [0.25, 0.3) is 0 Å². The molecule has 0 aliphatic carbocycles. The first kappa shape index (κ1) is 23.0. The second-order valence-electron chi connectivity index (χ2n) is 8.42. The molecule has 0 spiro atoms. The summed E-state index contributed by atoms with van der Waals surface area (Å²) in [5, 5.41) is 12.6. The molecule has 1 aromatic rings. The number of nitrogens with one attached hydrogen (secondary N) is 4. The molecule has 0 saturated carbocycles. The highest BCUT2D eigenvalue weighted by Gasteiger charge is 2.31. The average Bonchev–Trinajstić information content (AvgIpc) is 3.01. The zero-order valence-corrected chi connectivity index (χ0v) is 18.7. The van der Waals surface area contributed by atoms with Gasteiger partial charge in [0.25, 0.3) is 0 Å². The van der Waals surface area contributed by atoms with Gasteiger partial charge in [-0.1, -0.05) is 19.1 Å². The van der Waals surface area contributed by atoms with Crippen LogP contribution >= 0.6 is 0 Å². The van der Waals surface area contributed by atoms with E-state index >= 15 is 0 Å². The van der Waals surface area contributed by atoms with Crippen LogP contribution in [-0.4, -0.2) is 54.7 Å². The summed E-state index contributed by atoms with van der Waals surface area (Å²) < 4.78 is 0. The molecule has 1 aliphatic heterocycles. The number of aliphatic imine (C=N–C) groups is 1. The van der Waals surface area contributed by atoms with Gasteiger partial charge in [-0.15, -0.1) is 0 Å². The highest BCUT2D eigenvalue weighted by atomic mass is 16.2. The lowest BCUT2D eigenvalue weighted by Crippen LogP contribution is -2.46. The van der Waals surface area contributed by atoms with Crippen molar-refractivity contribution >= 4 is 17.7 Å². The number of hydrogen-bond donors (Lipinski definition) is 4. The van der Waals surface area contributed by atoms with Gasteiger partial charge < -0.3 is 21.3 Å². The largest absolute Gasteiger partial charge is 0.357 e. The number of hydrogen-bond acceptors (Lipinski definition) is 3. The molecule has 2 atom stereocenters. The molecule has 2 amide bonds. The molecule has 1 aliphatic rings. The van der Waals surface area contributed by atoms with Crippen molar-refractivity contribution in [1.29, 1.82) is 0 Å². The SMILES string of the molecule is CCNC(=NCc1ccc(NC(=O)NC(C)C)cc1)NC1CN(C(C)C)CC1C. The fraction of sp³-hybridized carbons (Fsp3) is 0.636. The van der Waals surface area contributed by atoms with Crippen molar-refractivity contribution in [2.75, 3.05) is 25.0 Å². The number of carbonyl (C=O) groups is 1. The number of carbonyl (C=O) groups excluding carboxylic acids is 1. The number of likely N-dealkylation sites (tertiary alicyclic amines) is 1. The second kappa shape index (κ2) is 11.0. The summed E-state index contributed by atoms with van der Waals surface area (Å²) in [5.74, 6) is 1.44. The molecule has 0 bridgehead atoms. The van der Waals surface area contributed by atoms with E-state index in [0.717, 1.165) is 36.8 Å². The Labute approximate surface area is 175 Å².